The second kappa shape index (κ2) is 2.21. The fourth-order valence-corrected chi connectivity index (χ4v) is 0.356. The van der Waals surface area contributed by atoms with Crippen molar-refractivity contribution in [3.8, 4) is 0 Å². The van der Waals surface area contributed by atoms with E-state index in [1.165, 1.54) is 7.05 Å². The van der Waals surface area contributed by atoms with Crippen LogP contribution in [-0.2, 0) is 0 Å². The van der Waals surface area contributed by atoms with Gasteiger partial charge in [0, 0.05) is 7.05 Å². The number of carbonyl (C=O) groups excluding carboxylic acids is 1. The van der Waals surface area contributed by atoms with Crippen LogP contribution in [0.2, 0.25) is 0 Å². The lowest BCUT2D eigenvalue weighted by Crippen LogP contribution is -2.12. The van der Waals surface area contributed by atoms with Gasteiger partial charge >= 0.3 is 5.91 Å². The van der Waals surface area contributed by atoms with Gasteiger partial charge in [0.2, 0.25) is 5.82 Å². The van der Waals surface area contributed by atoms with E-state index in [9.17, 15) is 4.79 Å². The molecule has 0 aromatic carbocycles. The SMILES string of the molecule is C[N]C(=O)c1nnn[nH]1. The molecule has 0 saturated heterocycles. The van der Waals surface area contributed by atoms with E-state index in [0.717, 1.165) is 0 Å². The van der Waals surface area contributed by atoms with Crippen molar-refractivity contribution in [2.45, 2.75) is 0 Å². The maximum absolute atomic E-state index is 10.5. The number of hydrogen-bond acceptors (Lipinski definition) is 4. The third-order valence-corrected chi connectivity index (χ3v) is 0.751. The number of nitrogens with one attached hydrogen (secondary N) is 1. The zero-order valence-electron chi connectivity index (χ0n) is 4.70. The van der Waals surface area contributed by atoms with E-state index in [2.05, 4.69) is 25.9 Å². The van der Waals surface area contributed by atoms with Crippen LogP contribution < -0.4 is 5.32 Å². The van der Waals surface area contributed by atoms with Crippen LogP contribution in [0, 0.1) is 0 Å². The third kappa shape index (κ3) is 1.01. The minimum absolute atomic E-state index is 0.0671. The summed E-state index contributed by atoms with van der Waals surface area (Å²) in [7, 11) is 1.38. The Labute approximate surface area is 50.6 Å². The van der Waals surface area contributed by atoms with Crippen molar-refractivity contribution in [1.29, 1.82) is 0 Å². The Morgan fingerprint density at radius 2 is 2.56 bits per heavy atom. The summed E-state index contributed by atoms with van der Waals surface area (Å²) < 4.78 is 0. The number of H-pyrrole nitrogens is 1. The van der Waals surface area contributed by atoms with Crippen molar-refractivity contribution in [2.75, 3.05) is 7.05 Å². The molecule has 0 aliphatic carbocycles. The fourth-order valence-electron chi connectivity index (χ4n) is 0.356. The Hall–Kier alpha value is -1.46. The zero-order valence-corrected chi connectivity index (χ0v) is 4.70. The summed E-state index contributed by atoms with van der Waals surface area (Å²) in [4.78, 5) is 10.5. The fraction of sp³-hybridized carbons (Fsp3) is 0.333. The predicted octanol–water partition coefficient (Wildman–Crippen LogP) is -1.43. The first-order chi connectivity index (χ1) is 4.34. The molecular weight excluding hydrogens is 122 g/mol. The van der Waals surface area contributed by atoms with Gasteiger partial charge in [-0.25, -0.2) is 10.4 Å². The highest BCUT2D eigenvalue weighted by molar-refractivity contribution is 5.89. The molecule has 0 saturated carbocycles. The highest BCUT2D eigenvalue weighted by Crippen LogP contribution is 1.80. The molecule has 47 valence electrons. The first-order valence-corrected chi connectivity index (χ1v) is 2.22. The smallest absolute Gasteiger partial charge is 0.263 e. The highest BCUT2D eigenvalue weighted by Gasteiger charge is 2.06. The van der Waals surface area contributed by atoms with Crippen LogP contribution in [0.5, 0.6) is 0 Å². The molecule has 1 radical (unpaired) electrons. The molecule has 1 N–H and O–H groups in total. The first-order valence-electron chi connectivity index (χ1n) is 2.22. The molecule has 0 aliphatic heterocycles. The molecule has 0 bridgehead atoms. The average molecular weight is 126 g/mol. The van der Waals surface area contributed by atoms with Gasteiger partial charge in [0.05, 0.1) is 0 Å². The van der Waals surface area contributed by atoms with Gasteiger partial charge in [0.15, 0.2) is 0 Å². The normalized spacial score (nSPS) is 9.00. The van der Waals surface area contributed by atoms with Crippen molar-refractivity contribution in [3.63, 3.8) is 0 Å². The number of hydrogen-bond donors (Lipinski definition) is 1. The summed E-state index contributed by atoms with van der Waals surface area (Å²) in [6.07, 6.45) is 0. The Kier molecular flexibility index (Phi) is 1.39. The number of aromatic nitrogens is 4. The molecule has 1 aromatic rings. The van der Waals surface area contributed by atoms with Crippen LogP contribution in [0.4, 0.5) is 0 Å². The lowest BCUT2D eigenvalue weighted by Gasteiger charge is -1.84. The summed E-state index contributed by atoms with van der Waals surface area (Å²) >= 11 is 0. The number of rotatable bonds is 1. The van der Waals surface area contributed by atoms with Gasteiger partial charge in [-0.05, 0) is 10.4 Å². The van der Waals surface area contributed by atoms with Crippen LogP contribution >= 0.6 is 0 Å². The Bertz CT molecular complexity index is 192. The number of tetrazole rings is 1. The minimum atomic E-state index is -0.444. The second-order valence-electron chi connectivity index (χ2n) is 1.28. The van der Waals surface area contributed by atoms with E-state index in [0.29, 0.717) is 0 Å². The van der Waals surface area contributed by atoms with Crippen molar-refractivity contribution in [1.82, 2.24) is 25.9 Å². The molecule has 0 unspecified atom stereocenters. The summed E-state index contributed by atoms with van der Waals surface area (Å²) in [5, 5.41) is 15.3. The molecule has 1 heterocycles. The summed E-state index contributed by atoms with van der Waals surface area (Å²) in [5.74, 6) is -0.377. The van der Waals surface area contributed by atoms with E-state index >= 15 is 0 Å². The van der Waals surface area contributed by atoms with Gasteiger partial charge in [-0.2, -0.15) is 0 Å². The van der Waals surface area contributed by atoms with E-state index < -0.39 is 5.91 Å². The van der Waals surface area contributed by atoms with Gasteiger partial charge in [0.25, 0.3) is 0 Å². The first kappa shape index (κ1) is 5.67. The summed E-state index contributed by atoms with van der Waals surface area (Å²) in [6.45, 7) is 0. The third-order valence-electron chi connectivity index (χ3n) is 0.751. The largest absolute Gasteiger partial charge is 0.311 e. The molecule has 0 spiro atoms. The van der Waals surface area contributed by atoms with Crippen LogP contribution in [0.15, 0.2) is 0 Å². The molecule has 0 atom stereocenters. The Morgan fingerprint density at radius 1 is 1.78 bits per heavy atom. The van der Waals surface area contributed by atoms with Crippen molar-refractivity contribution in [2.24, 2.45) is 0 Å². The lowest BCUT2D eigenvalue weighted by molar-refractivity contribution is 0.0948. The molecule has 9 heavy (non-hydrogen) atoms. The summed E-state index contributed by atoms with van der Waals surface area (Å²) in [6, 6.07) is 0. The van der Waals surface area contributed by atoms with Gasteiger partial charge in [-0.1, -0.05) is 0 Å². The monoisotopic (exact) mass is 126 g/mol. The van der Waals surface area contributed by atoms with E-state index in [-0.39, 0.29) is 5.82 Å². The molecule has 1 amide bonds. The molecule has 6 heteroatoms. The van der Waals surface area contributed by atoms with Crippen molar-refractivity contribution < 1.29 is 4.79 Å². The van der Waals surface area contributed by atoms with E-state index in [1.54, 1.807) is 0 Å². The van der Waals surface area contributed by atoms with Crippen LogP contribution in [0.25, 0.3) is 0 Å². The van der Waals surface area contributed by atoms with E-state index in [4.69, 9.17) is 0 Å². The molecule has 6 nitrogen and oxygen atoms in total. The predicted molar refractivity (Wildman–Crippen MR) is 26.6 cm³/mol. The quantitative estimate of drug-likeness (QED) is 0.500. The number of amides is 1. The molecule has 1 rings (SSSR count). The van der Waals surface area contributed by atoms with Crippen molar-refractivity contribution in [3.05, 3.63) is 5.82 Å². The molecule has 0 fully saturated rings. The van der Waals surface area contributed by atoms with Crippen LogP contribution in [0.1, 0.15) is 10.6 Å². The van der Waals surface area contributed by atoms with E-state index in [1.807, 2.05) is 0 Å². The van der Waals surface area contributed by atoms with Gasteiger partial charge < -0.3 is 0 Å². The topological polar surface area (TPSA) is 85.6 Å². The maximum Gasteiger partial charge on any atom is 0.311 e. The Morgan fingerprint density at radius 3 is 3.00 bits per heavy atom. The highest BCUT2D eigenvalue weighted by atomic mass is 16.2. The van der Waals surface area contributed by atoms with Gasteiger partial charge in [0.1, 0.15) is 0 Å². The summed E-state index contributed by atoms with van der Waals surface area (Å²) in [5.41, 5.74) is 0. The molecule has 0 aliphatic rings. The van der Waals surface area contributed by atoms with Gasteiger partial charge in [-0.15, -0.1) is 5.10 Å². The Balaban J connectivity index is 2.77. The molecule has 1 aromatic heterocycles. The van der Waals surface area contributed by atoms with Crippen molar-refractivity contribution >= 4 is 5.91 Å². The number of aromatic amines is 1. The standard InChI is InChI=1S/C3H4N5O/c1-4-3(9)2-5-7-8-6-2/h1H3,(H,5,6,7,8). The average Bonchev–Trinajstić information content (AvgIpc) is 2.37. The van der Waals surface area contributed by atoms with Crippen LogP contribution in [-0.4, -0.2) is 33.6 Å². The van der Waals surface area contributed by atoms with Crippen LogP contribution in [0.3, 0.4) is 0 Å². The second-order valence-corrected chi connectivity index (χ2v) is 1.28. The van der Waals surface area contributed by atoms with Gasteiger partial charge in [-0.3, -0.25) is 4.79 Å². The maximum atomic E-state index is 10.5. The zero-order chi connectivity index (χ0) is 6.69. The number of carbonyl (C=O) groups is 1. The number of nitrogens with zero attached hydrogens (tertiary/aromatic N) is 4. The molecular formula is C3H4N5O. The minimum Gasteiger partial charge on any atom is -0.263 e. The lowest BCUT2D eigenvalue weighted by atomic mass is 10.6.